The molecule has 1 N–H and O–H groups in total. The van der Waals surface area contributed by atoms with Crippen LogP contribution in [0.15, 0.2) is 59.4 Å². The molecule has 0 saturated heterocycles. The van der Waals surface area contributed by atoms with E-state index in [1.54, 1.807) is 36.3 Å². The predicted molar refractivity (Wildman–Crippen MR) is 103 cm³/mol. The number of carbonyl (C=O) groups excluding carboxylic acids is 1. The third-order valence-corrected chi connectivity index (χ3v) is 4.29. The van der Waals surface area contributed by atoms with Gasteiger partial charge in [-0.2, -0.15) is 0 Å². The standard InChI is InChI=1S/C21H22N2O3/c1-3-11-23(21(25)16-8-6-9-18(13-16)26-2)14-17-12-15-7-4-5-10-19(15)22-20(17)24/h4-10,12-13H,3,11,14H2,1-2H3,(H,22,24). The molecule has 3 rings (SSSR count). The predicted octanol–water partition coefficient (Wildman–Crippen LogP) is 3.59. The summed E-state index contributed by atoms with van der Waals surface area (Å²) in [4.78, 5) is 30.0. The molecular formula is C21H22N2O3. The molecule has 0 saturated carbocycles. The second-order valence-electron chi connectivity index (χ2n) is 6.17. The maximum atomic E-state index is 12.9. The highest BCUT2D eigenvalue weighted by Crippen LogP contribution is 2.17. The first-order valence-corrected chi connectivity index (χ1v) is 8.66. The van der Waals surface area contributed by atoms with E-state index in [9.17, 15) is 9.59 Å². The van der Waals surface area contributed by atoms with Crippen LogP contribution >= 0.6 is 0 Å². The van der Waals surface area contributed by atoms with Crippen molar-refractivity contribution in [2.45, 2.75) is 19.9 Å². The number of aromatic nitrogens is 1. The molecule has 0 spiro atoms. The Morgan fingerprint density at radius 1 is 1.12 bits per heavy atom. The Morgan fingerprint density at radius 3 is 2.69 bits per heavy atom. The van der Waals surface area contributed by atoms with Crippen LogP contribution in [0.4, 0.5) is 0 Å². The highest BCUT2D eigenvalue weighted by atomic mass is 16.5. The molecule has 0 aliphatic rings. The van der Waals surface area contributed by atoms with Crippen LogP contribution in [0.1, 0.15) is 29.3 Å². The molecule has 2 aromatic carbocycles. The summed E-state index contributed by atoms with van der Waals surface area (Å²) >= 11 is 0. The summed E-state index contributed by atoms with van der Waals surface area (Å²) < 4.78 is 5.20. The third-order valence-electron chi connectivity index (χ3n) is 4.29. The summed E-state index contributed by atoms with van der Waals surface area (Å²) in [5.41, 5.74) is 1.76. The molecule has 26 heavy (non-hydrogen) atoms. The summed E-state index contributed by atoms with van der Waals surface area (Å²) in [5, 5.41) is 0.951. The normalized spacial score (nSPS) is 10.7. The number of fused-ring (bicyclic) bond motifs is 1. The number of hydrogen-bond donors (Lipinski definition) is 1. The van der Waals surface area contributed by atoms with Crippen molar-refractivity contribution in [2.24, 2.45) is 0 Å². The van der Waals surface area contributed by atoms with Gasteiger partial charge in [-0.3, -0.25) is 9.59 Å². The fraction of sp³-hybridized carbons (Fsp3) is 0.238. The smallest absolute Gasteiger partial charge is 0.254 e. The Labute approximate surface area is 152 Å². The molecular weight excluding hydrogens is 328 g/mol. The summed E-state index contributed by atoms with van der Waals surface area (Å²) in [7, 11) is 1.57. The lowest BCUT2D eigenvalue weighted by Crippen LogP contribution is -2.33. The van der Waals surface area contributed by atoms with Crippen molar-refractivity contribution >= 4 is 16.8 Å². The highest BCUT2D eigenvalue weighted by molar-refractivity contribution is 5.94. The number of hydrogen-bond acceptors (Lipinski definition) is 3. The topological polar surface area (TPSA) is 62.4 Å². The SMILES string of the molecule is CCCN(Cc1cc2ccccc2[nH]c1=O)C(=O)c1cccc(OC)c1. The number of carbonyl (C=O) groups is 1. The number of benzene rings is 2. The first-order valence-electron chi connectivity index (χ1n) is 8.66. The van der Waals surface area contributed by atoms with Crippen molar-refractivity contribution in [2.75, 3.05) is 13.7 Å². The van der Waals surface area contributed by atoms with Gasteiger partial charge in [0, 0.05) is 23.2 Å². The van der Waals surface area contributed by atoms with Crippen LogP contribution in [-0.2, 0) is 6.54 Å². The van der Waals surface area contributed by atoms with Gasteiger partial charge < -0.3 is 14.6 Å². The molecule has 0 unspecified atom stereocenters. The second kappa shape index (κ2) is 7.87. The van der Waals surface area contributed by atoms with Crippen LogP contribution in [0.5, 0.6) is 5.75 Å². The van der Waals surface area contributed by atoms with Crippen LogP contribution in [0.2, 0.25) is 0 Å². The number of aromatic amines is 1. The largest absolute Gasteiger partial charge is 0.497 e. The minimum absolute atomic E-state index is 0.113. The lowest BCUT2D eigenvalue weighted by atomic mass is 10.1. The van der Waals surface area contributed by atoms with Gasteiger partial charge in [0.2, 0.25) is 0 Å². The number of nitrogens with one attached hydrogen (secondary N) is 1. The third kappa shape index (κ3) is 3.77. The maximum absolute atomic E-state index is 12.9. The first-order chi connectivity index (χ1) is 12.6. The van der Waals surface area contributed by atoms with Crippen molar-refractivity contribution in [3.8, 4) is 5.75 Å². The van der Waals surface area contributed by atoms with Crippen molar-refractivity contribution < 1.29 is 9.53 Å². The summed E-state index contributed by atoms with van der Waals surface area (Å²) in [5.74, 6) is 0.522. The molecule has 1 heterocycles. The van der Waals surface area contributed by atoms with Crippen LogP contribution in [0.25, 0.3) is 10.9 Å². The number of amides is 1. The van der Waals surface area contributed by atoms with Crippen LogP contribution in [0.3, 0.4) is 0 Å². The molecule has 5 nitrogen and oxygen atoms in total. The van der Waals surface area contributed by atoms with E-state index in [2.05, 4.69) is 4.98 Å². The molecule has 3 aromatic rings. The number of para-hydroxylation sites is 1. The average Bonchev–Trinajstić information content (AvgIpc) is 2.67. The zero-order valence-electron chi connectivity index (χ0n) is 15.0. The van der Waals surface area contributed by atoms with Gasteiger partial charge in [-0.1, -0.05) is 31.2 Å². The molecule has 0 aliphatic heterocycles. The summed E-state index contributed by atoms with van der Waals surface area (Å²) in [6.45, 7) is 2.85. The van der Waals surface area contributed by atoms with Gasteiger partial charge in [0.25, 0.3) is 11.5 Å². The zero-order valence-corrected chi connectivity index (χ0v) is 15.0. The van der Waals surface area contributed by atoms with E-state index >= 15 is 0 Å². The maximum Gasteiger partial charge on any atom is 0.254 e. The molecule has 0 radical (unpaired) electrons. The number of ether oxygens (including phenoxy) is 1. The van der Waals surface area contributed by atoms with E-state index in [1.807, 2.05) is 37.3 Å². The van der Waals surface area contributed by atoms with E-state index in [-0.39, 0.29) is 18.0 Å². The van der Waals surface area contributed by atoms with Gasteiger partial charge >= 0.3 is 0 Å². The van der Waals surface area contributed by atoms with E-state index in [0.29, 0.717) is 23.4 Å². The van der Waals surface area contributed by atoms with Gasteiger partial charge in [-0.05, 0) is 42.1 Å². The van der Waals surface area contributed by atoms with Gasteiger partial charge in [0.15, 0.2) is 0 Å². The summed E-state index contributed by atoms with van der Waals surface area (Å²) in [6.07, 6.45) is 0.807. The number of nitrogens with zero attached hydrogens (tertiary/aromatic N) is 1. The molecule has 0 aliphatic carbocycles. The number of methoxy groups -OCH3 is 1. The second-order valence-corrected chi connectivity index (χ2v) is 6.17. The lowest BCUT2D eigenvalue weighted by Gasteiger charge is -2.22. The first kappa shape index (κ1) is 17.7. The number of pyridine rings is 1. The Balaban J connectivity index is 1.92. The van der Waals surface area contributed by atoms with Gasteiger partial charge in [0.05, 0.1) is 13.7 Å². The minimum atomic E-state index is -0.164. The fourth-order valence-corrected chi connectivity index (χ4v) is 2.98. The van der Waals surface area contributed by atoms with E-state index in [4.69, 9.17) is 4.74 Å². The van der Waals surface area contributed by atoms with E-state index < -0.39 is 0 Å². The monoisotopic (exact) mass is 350 g/mol. The number of H-pyrrole nitrogens is 1. The van der Waals surface area contributed by atoms with Crippen LogP contribution in [-0.4, -0.2) is 29.4 Å². The van der Waals surface area contributed by atoms with Gasteiger partial charge in [0.1, 0.15) is 5.75 Å². The molecule has 0 fully saturated rings. The van der Waals surface area contributed by atoms with Crippen molar-refractivity contribution in [1.29, 1.82) is 0 Å². The molecule has 1 amide bonds. The quantitative estimate of drug-likeness (QED) is 0.739. The van der Waals surface area contributed by atoms with E-state index in [0.717, 1.165) is 17.3 Å². The Bertz CT molecular complexity index is 978. The Morgan fingerprint density at radius 2 is 1.92 bits per heavy atom. The highest BCUT2D eigenvalue weighted by Gasteiger charge is 2.17. The molecule has 5 heteroatoms. The Kier molecular flexibility index (Phi) is 5.37. The fourth-order valence-electron chi connectivity index (χ4n) is 2.98. The van der Waals surface area contributed by atoms with Crippen LogP contribution < -0.4 is 10.3 Å². The molecule has 0 atom stereocenters. The summed E-state index contributed by atoms with van der Waals surface area (Å²) in [6, 6.07) is 16.6. The minimum Gasteiger partial charge on any atom is -0.497 e. The molecule has 0 bridgehead atoms. The molecule has 134 valence electrons. The zero-order chi connectivity index (χ0) is 18.5. The number of rotatable bonds is 6. The van der Waals surface area contributed by atoms with Crippen molar-refractivity contribution in [1.82, 2.24) is 9.88 Å². The van der Waals surface area contributed by atoms with Crippen LogP contribution in [0, 0.1) is 0 Å². The lowest BCUT2D eigenvalue weighted by molar-refractivity contribution is 0.0742. The van der Waals surface area contributed by atoms with E-state index in [1.165, 1.54) is 0 Å². The van der Waals surface area contributed by atoms with Crippen molar-refractivity contribution in [3.63, 3.8) is 0 Å². The van der Waals surface area contributed by atoms with Gasteiger partial charge in [-0.15, -0.1) is 0 Å². The average molecular weight is 350 g/mol. The van der Waals surface area contributed by atoms with Crippen molar-refractivity contribution in [3.05, 3.63) is 76.1 Å². The van der Waals surface area contributed by atoms with Gasteiger partial charge in [-0.25, -0.2) is 0 Å². The molecule has 1 aromatic heterocycles. The Hall–Kier alpha value is -3.08.